The molecule has 0 radical (unpaired) electrons. The lowest BCUT2D eigenvalue weighted by molar-refractivity contribution is 0.0952. The lowest BCUT2D eigenvalue weighted by Gasteiger charge is -2.17. The van der Waals surface area contributed by atoms with Crippen LogP contribution in [-0.2, 0) is 19.3 Å². The fourth-order valence-electron chi connectivity index (χ4n) is 3.66. The van der Waals surface area contributed by atoms with Gasteiger partial charge in [0, 0.05) is 29.9 Å². The van der Waals surface area contributed by atoms with Crippen LogP contribution in [0.3, 0.4) is 0 Å². The van der Waals surface area contributed by atoms with E-state index in [-0.39, 0.29) is 17.0 Å². The van der Waals surface area contributed by atoms with Gasteiger partial charge in [-0.1, -0.05) is 18.2 Å². The molecule has 0 saturated carbocycles. The zero-order valence-corrected chi connectivity index (χ0v) is 15.3. The highest BCUT2D eigenvalue weighted by Gasteiger charge is 2.16. The van der Waals surface area contributed by atoms with E-state index in [1.807, 2.05) is 31.2 Å². The van der Waals surface area contributed by atoms with Gasteiger partial charge in [0.1, 0.15) is 11.4 Å². The first-order valence-electron chi connectivity index (χ1n) is 9.37. The lowest BCUT2D eigenvalue weighted by atomic mass is 9.95. The number of benzene rings is 1. The fourth-order valence-corrected chi connectivity index (χ4v) is 3.66. The van der Waals surface area contributed by atoms with E-state index in [2.05, 4.69) is 20.3 Å². The molecule has 0 aliphatic heterocycles. The molecule has 2 heterocycles. The van der Waals surface area contributed by atoms with Gasteiger partial charge in [-0.15, -0.1) is 0 Å². The van der Waals surface area contributed by atoms with Gasteiger partial charge in [0.15, 0.2) is 0 Å². The van der Waals surface area contributed by atoms with Crippen molar-refractivity contribution in [1.29, 1.82) is 0 Å². The molecule has 0 saturated heterocycles. The summed E-state index contributed by atoms with van der Waals surface area (Å²) in [6, 6.07) is 9.03. The van der Waals surface area contributed by atoms with Crippen molar-refractivity contribution in [3.63, 3.8) is 0 Å². The van der Waals surface area contributed by atoms with Gasteiger partial charge < -0.3 is 10.3 Å². The lowest BCUT2D eigenvalue weighted by Crippen LogP contribution is -2.31. The highest BCUT2D eigenvalue weighted by molar-refractivity contribution is 5.97. The van der Waals surface area contributed by atoms with Gasteiger partial charge in [-0.25, -0.2) is 9.97 Å². The van der Waals surface area contributed by atoms with Crippen molar-refractivity contribution in [3.05, 3.63) is 69.0 Å². The van der Waals surface area contributed by atoms with Crippen LogP contribution < -0.4 is 10.9 Å². The Kier molecular flexibility index (Phi) is 4.71. The first-order chi connectivity index (χ1) is 13.1. The van der Waals surface area contributed by atoms with Gasteiger partial charge in [0.2, 0.25) is 0 Å². The second-order valence-corrected chi connectivity index (χ2v) is 6.96. The first kappa shape index (κ1) is 17.4. The van der Waals surface area contributed by atoms with E-state index in [0.717, 1.165) is 41.0 Å². The molecule has 0 atom stereocenters. The molecular weight excluding hydrogens is 340 g/mol. The van der Waals surface area contributed by atoms with Crippen molar-refractivity contribution in [2.45, 2.75) is 39.0 Å². The number of fused-ring (bicyclic) bond motifs is 2. The molecule has 6 heteroatoms. The third kappa shape index (κ3) is 3.60. The Bertz CT molecular complexity index is 1070. The van der Waals surface area contributed by atoms with E-state index < -0.39 is 0 Å². The number of hydrogen-bond acceptors (Lipinski definition) is 4. The van der Waals surface area contributed by atoms with Crippen LogP contribution in [-0.4, -0.2) is 27.4 Å². The fraction of sp³-hybridized carbons (Fsp3) is 0.333. The minimum absolute atomic E-state index is 0.122. The standard InChI is InChI=1S/C21H22N4O2/c1-13-15-7-3-5-9-18(15)24-19(23-13)10-11-22-20(26)16-12-14-6-2-4-8-17(14)25-21(16)27/h2,4,6,8,12H,3,5,7,9-11H2,1H3,(H,22,26)(H,25,27). The van der Waals surface area contributed by atoms with Gasteiger partial charge in [-0.05, 0) is 55.7 Å². The van der Waals surface area contributed by atoms with Gasteiger partial charge in [-0.3, -0.25) is 9.59 Å². The topological polar surface area (TPSA) is 87.7 Å². The number of rotatable bonds is 4. The largest absolute Gasteiger partial charge is 0.351 e. The minimum Gasteiger partial charge on any atom is -0.351 e. The van der Waals surface area contributed by atoms with Crippen molar-refractivity contribution in [2.75, 3.05) is 6.54 Å². The molecule has 4 rings (SSSR count). The number of nitrogens with one attached hydrogen (secondary N) is 2. The van der Waals surface area contributed by atoms with E-state index in [1.165, 1.54) is 18.4 Å². The summed E-state index contributed by atoms with van der Waals surface area (Å²) in [6.07, 6.45) is 4.98. The van der Waals surface area contributed by atoms with Crippen molar-refractivity contribution in [2.24, 2.45) is 0 Å². The number of carbonyl (C=O) groups is 1. The average molecular weight is 362 g/mol. The predicted octanol–water partition coefficient (Wildman–Crippen LogP) is 2.48. The number of aryl methyl sites for hydroxylation is 2. The zero-order chi connectivity index (χ0) is 18.8. The van der Waals surface area contributed by atoms with Crippen molar-refractivity contribution in [3.8, 4) is 0 Å². The molecule has 138 valence electrons. The number of aromatic amines is 1. The summed E-state index contributed by atoms with van der Waals surface area (Å²) in [5.41, 5.74) is 3.95. The molecule has 3 aromatic rings. The molecule has 0 unspecified atom stereocenters. The van der Waals surface area contributed by atoms with Crippen LogP contribution in [0.15, 0.2) is 35.1 Å². The summed E-state index contributed by atoms with van der Waals surface area (Å²) < 4.78 is 0. The quantitative estimate of drug-likeness (QED) is 0.746. The SMILES string of the molecule is Cc1nc(CCNC(=O)c2cc3ccccc3[nH]c2=O)nc2c1CCCC2. The second kappa shape index (κ2) is 7.31. The smallest absolute Gasteiger partial charge is 0.261 e. The van der Waals surface area contributed by atoms with Crippen molar-refractivity contribution >= 4 is 16.8 Å². The third-order valence-corrected chi connectivity index (χ3v) is 5.07. The normalized spacial score (nSPS) is 13.4. The van der Waals surface area contributed by atoms with Crippen LogP contribution in [0.25, 0.3) is 10.9 Å². The molecule has 2 N–H and O–H groups in total. The van der Waals surface area contributed by atoms with Crippen LogP contribution in [0, 0.1) is 6.92 Å². The Balaban J connectivity index is 1.45. The van der Waals surface area contributed by atoms with E-state index >= 15 is 0 Å². The maximum atomic E-state index is 12.4. The summed E-state index contributed by atoms with van der Waals surface area (Å²) in [6.45, 7) is 2.42. The number of hydrogen-bond donors (Lipinski definition) is 2. The van der Waals surface area contributed by atoms with Crippen LogP contribution in [0.5, 0.6) is 0 Å². The van der Waals surface area contributed by atoms with Crippen LogP contribution in [0.4, 0.5) is 0 Å². The molecule has 0 fully saturated rings. The van der Waals surface area contributed by atoms with Gasteiger partial charge >= 0.3 is 0 Å². The van der Waals surface area contributed by atoms with Crippen molar-refractivity contribution < 1.29 is 4.79 Å². The zero-order valence-electron chi connectivity index (χ0n) is 15.3. The average Bonchev–Trinajstić information content (AvgIpc) is 2.67. The van der Waals surface area contributed by atoms with Crippen LogP contribution in [0.2, 0.25) is 0 Å². The molecule has 1 amide bonds. The first-order valence-corrected chi connectivity index (χ1v) is 9.37. The maximum Gasteiger partial charge on any atom is 0.261 e. The number of pyridine rings is 1. The Morgan fingerprint density at radius 2 is 2.00 bits per heavy atom. The molecule has 0 bridgehead atoms. The minimum atomic E-state index is -0.382. The van der Waals surface area contributed by atoms with E-state index in [1.54, 1.807) is 6.07 Å². The van der Waals surface area contributed by atoms with E-state index in [4.69, 9.17) is 0 Å². The Hall–Kier alpha value is -3.02. The van der Waals surface area contributed by atoms with Crippen molar-refractivity contribution in [1.82, 2.24) is 20.3 Å². The van der Waals surface area contributed by atoms with Crippen LogP contribution in [0.1, 0.15) is 46.0 Å². The maximum absolute atomic E-state index is 12.4. The molecular formula is C21H22N4O2. The molecule has 1 aromatic carbocycles. The number of carbonyl (C=O) groups excluding carboxylic acids is 1. The summed E-state index contributed by atoms with van der Waals surface area (Å²) in [5.74, 6) is 0.373. The van der Waals surface area contributed by atoms with E-state index in [9.17, 15) is 9.59 Å². The number of para-hydroxylation sites is 1. The Labute approximate surface area is 157 Å². The molecule has 1 aliphatic carbocycles. The number of aromatic nitrogens is 3. The predicted molar refractivity (Wildman–Crippen MR) is 104 cm³/mol. The third-order valence-electron chi connectivity index (χ3n) is 5.07. The summed E-state index contributed by atoms with van der Waals surface area (Å²) in [5, 5.41) is 3.64. The number of amides is 1. The number of H-pyrrole nitrogens is 1. The molecule has 2 aromatic heterocycles. The Morgan fingerprint density at radius 1 is 1.19 bits per heavy atom. The molecule has 27 heavy (non-hydrogen) atoms. The monoisotopic (exact) mass is 362 g/mol. The highest BCUT2D eigenvalue weighted by atomic mass is 16.2. The summed E-state index contributed by atoms with van der Waals surface area (Å²) in [7, 11) is 0. The molecule has 6 nitrogen and oxygen atoms in total. The highest BCUT2D eigenvalue weighted by Crippen LogP contribution is 2.21. The van der Waals surface area contributed by atoms with Gasteiger partial charge in [0.05, 0.1) is 0 Å². The number of nitrogens with zero attached hydrogens (tertiary/aromatic N) is 2. The van der Waals surface area contributed by atoms with Gasteiger partial charge in [0.25, 0.3) is 11.5 Å². The van der Waals surface area contributed by atoms with Crippen LogP contribution >= 0.6 is 0 Å². The Morgan fingerprint density at radius 3 is 2.89 bits per heavy atom. The molecule has 0 spiro atoms. The summed E-state index contributed by atoms with van der Waals surface area (Å²) in [4.78, 5) is 36.6. The summed E-state index contributed by atoms with van der Waals surface area (Å²) >= 11 is 0. The van der Waals surface area contributed by atoms with E-state index in [0.29, 0.717) is 13.0 Å². The molecule has 1 aliphatic rings. The second-order valence-electron chi connectivity index (χ2n) is 6.96. The van der Waals surface area contributed by atoms with Gasteiger partial charge in [-0.2, -0.15) is 0 Å².